The van der Waals surface area contributed by atoms with E-state index in [1.807, 2.05) is 13.8 Å². The van der Waals surface area contributed by atoms with E-state index in [1.165, 1.54) is 24.3 Å². The average Bonchev–Trinajstić information content (AvgIpc) is 2.28. The number of nitro benzene ring substituents is 1. The van der Waals surface area contributed by atoms with E-state index in [0.717, 1.165) is 0 Å². The fraction of sp³-hybridized carbons (Fsp3) is 0.364. The maximum atomic E-state index is 11.5. The predicted molar refractivity (Wildman–Crippen MR) is 61.5 cm³/mol. The molecule has 0 heterocycles. The lowest BCUT2D eigenvalue weighted by Crippen LogP contribution is -2.38. The molecule has 0 unspecified atom stereocenters. The Bertz CT molecular complexity index is 414. The van der Waals surface area contributed by atoms with Gasteiger partial charge in [0.2, 0.25) is 0 Å². The van der Waals surface area contributed by atoms with Crippen LogP contribution in [-0.2, 0) is 4.79 Å². The van der Waals surface area contributed by atoms with Crippen molar-refractivity contribution in [1.82, 2.24) is 0 Å². The summed E-state index contributed by atoms with van der Waals surface area (Å²) in [5.41, 5.74) is 5.55. The van der Waals surface area contributed by atoms with Crippen LogP contribution in [0.5, 0.6) is 5.75 Å². The van der Waals surface area contributed by atoms with Gasteiger partial charge >= 0.3 is 5.97 Å². The topological polar surface area (TPSA) is 95.5 Å². The van der Waals surface area contributed by atoms with E-state index in [0.29, 0.717) is 0 Å². The van der Waals surface area contributed by atoms with Crippen molar-refractivity contribution in [2.24, 2.45) is 11.7 Å². The van der Waals surface area contributed by atoms with Crippen molar-refractivity contribution in [2.45, 2.75) is 19.9 Å². The molecular formula is C11H14N2O4. The highest BCUT2D eigenvalue weighted by molar-refractivity contribution is 5.78. The number of hydrogen-bond acceptors (Lipinski definition) is 5. The molecule has 2 N–H and O–H groups in total. The van der Waals surface area contributed by atoms with Crippen LogP contribution in [0.2, 0.25) is 0 Å². The lowest BCUT2D eigenvalue weighted by atomic mass is 10.1. The van der Waals surface area contributed by atoms with Gasteiger partial charge in [-0.05, 0) is 18.1 Å². The second kappa shape index (κ2) is 5.40. The first-order chi connectivity index (χ1) is 7.91. The summed E-state index contributed by atoms with van der Waals surface area (Å²) in [6, 6.07) is 4.56. The third-order valence-corrected chi connectivity index (χ3v) is 2.26. The van der Waals surface area contributed by atoms with Gasteiger partial charge in [-0.3, -0.25) is 10.1 Å². The molecule has 1 aromatic rings. The maximum Gasteiger partial charge on any atom is 0.328 e. The van der Waals surface area contributed by atoms with Crippen LogP contribution >= 0.6 is 0 Å². The summed E-state index contributed by atoms with van der Waals surface area (Å²) >= 11 is 0. The molecule has 17 heavy (non-hydrogen) atoms. The average molecular weight is 238 g/mol. The van der Waals surface area contributed by atoms with Crippen LogP contribution in [-0.4, -0.2) is 16.9 Å². The van der Waals surface area contributed by atoms with Crippen molar-refractivity contribution in [3.63, 3.8) is 0 Å². The van der Waals surface area contributed by atoms with Crippen LogP contribution in [0.25, 0.3) is 0 Å². The van der Waals surface area contributed by atoms with E-state index in [2.05, 4.69) is 0 Å². The Morgan fingerprint density at radius 1 is 1.35 bits per heavy atom. The van der Waals surface area contributed by atoms with Gasteiger partial charge in [0.1, 0.15) is 11.8 Å². The van der Waals surface area contributed by atoms with E-state index in [9.17, 15) is 14.9 Å². The zero-order valence-electron chi connectivity index (χ0n) is 9.62. The molecule has 0 aliphatic heterocycles. The van der Waals surface area contributed by atoms with Gasteiger partial charge in [-0.2, -0.15) is 0 Å². The van der Waals surface area contributed by atoms with E-state index in [1.54, 1.807) is 0 Å². The van der Waals surface area contributed by atoms with Gasteiger partial charge in [-0.1, -0.05) is 13.8 Å². The zero-order valence-corrected chi connectivity index (χ0v) is 9.62. The van der Waals surface area contributed by atoms with E-state index >= 15 is 0 Å². The quantitative estimate of drug-likeness (QED) is 0.371. The van der Waals surface area contributed by atoms with Crippen LogP contribution in [0.4, 0.5) is 5.69 Å². The Morgan fingerprint density at radius 3 is 2.29 bits per heavy atom. The molecule has 0 amide bonds. The van der Waals surface area contributed by atoms with Crippen molar-refractivity contribution in [3.8, 4) is 5.75 Å². The van der Waals surface area contributed by atoms with E-state index < -0.39 is 16.9 Å². The number of carbonyl (C=O) groups excluding carboxylic acids is 1. The maximum absolute atomic E-state index is 11.5. The lowest BCUT2D eigenvalue weighted by Gasteiger charge is -2.13. The highest BCUT2D eigenvalue weighted by Gasteiger charge is 2.19. The Balaban J connectivity index is 2.70. The van der Waals surface area contributed by atoms with Gasteiger partial charge in [-0.25, -0.2) is 4.79 Å². The Hall–Kier alpha value is -1.95. The molecule has 1 rings (SSSR count). The zero-order chi connectivity index (χ0) is 13.0. The molecule has 1 aromatic carbocycles. The van der Waals surface area contributed by atoms with Gasteiger partial charge in [0.25, 0.3) is 5.69 Å². The number of non-ortho nitro benzene ring substituents is 1. The summed E-state index contributed by atoms with van der Waals surface area (Å²) in [4.78, 5) is 21.4. The number of carbonyl (C=O) groups is 1. The minimum atomic E-state index is -0.704. The first-order valence-corrected chi connectivity index (χ1v) is 5.13. The van der Waals surface area contributed by atoms with Gasteiger partial charge in [0, 0.05) is 12.1 Å². The van der Waals surface area contributed by atoms with Crippen LogP contribution in [0.1, 0.15) is 13.8 Å². The summed E-state index contributed by atoms with van der Waals surface area (Å²) in [5, 5.41) is 10.4. The van der Waals surface area contributed by atoms with Gasteiger partial charge in [0.05, 0.1) is 4.92 Å². The Morgan fingerprint density at radius 2 is 1.88 bits per heavy atom. The predicted octanol–water partition coefficient (Wildman–Crippen LogP) is 1.48. The number of hydrogen-bond donors (Lipinski definition) is 1. The SMILES string of the molecule is CC(C)[C@@H](N)C(=O)Oc1ccc([N+](=O)[O-])cc1. The summed E-state index contributed by atoms with van der Waals surface area (Å²) in [6.07, 6.45) is 0. The first-order valence-electron chi connectivity index (χ1n) is 5.13. The molecule has 0 aliphatic carbocycles. The fourth-order valence-electron chi connectivity index (χ4n) is 1.09. The second-order valence-electron chi connectivity index (χ2n) is 3.94. The minimum absolute atomic E-state index is 0.0273. The summed E-state index contributed by atoms with van der Waals surface area (Å²) in [5.74, 6) is -0.328. The lowest BCUT2D eigenvalue weighted by molar-refractivity contribution is -0.384. The van der Waals surface area contributed by atoms with Crippen molar-refractivity contribution in [3.05, 3.63) is 34.4 Å². The largest absolute Gasteiger partial charge is 0.425 e. The number of nitro groups is 1. The van der Waals surface area contributed by atoms with Crippen molar-refractivity contribution >= 4 is 11.7 Å². The fourth-order valence-corrected chi connectivity index (χ4v) is 1.09. The van der Waals surface area contributed by atoms with Crippen LogP contribution < -0.4 is 10.5 Å². The van der Waals surface area contributed by atoms with Gasteiger partial charge in [-0.15, -0.1) is 0 Å². The third kappa shape index (κ3) is 3.53. The van der Waals surface area contributed by atoms with Crippen molar-refractivity contribution in [2.75, 3.05) is 0 Å². The van der Waals surface area contributed by atoms with Crippen LogP contribution in [0.3, 0.4) is 0 Å². The normalized spacial score (nSPS) is 12.2. The summed E-state index contributed by atoms with van der Waals surface area (Å²) in [6.45, 7) is 3.61. The molecule has 0 spiro atoms. The molecule has 1 atom stereocenters. The molecule has 0 saturated carbocycles. The molecule has 6 heteroatoms. The van der Waals surface area contributed by atoms with Gasteiger partial charge in [0.15, 0.2) is 0 Å². The molecule has 6 nitrogen and oxygen atoms in total. The van der Waals surface area contributed by atoms with Crippen molar-refractivity contribution < 1.29 is 14.5 Å². The number of benzene rings is 1. The van der Waals surface area contributed by atoms with Crippen molar-refractivity contribution in [1.29, 1.82) is 0 Å². The van der Waals surface area contributed by atoms with Crippen LogP contribution in [0, 0.1) is 16.0 Å². The summed E-state index contributed by atoms with van der Waals surface area (Å²) in [7, 11) is 0. The molecular weight excluding hydrogens is 224 g/mol. The number of rotatable bonds is 4. The Kier molecular flexibility index (Phi) is 4.17. The number of nitrogens with zero attached hydrogens (tertiary/aromatic N) is 1. The third-order valence-electron chi connectivity index (χ3n) is 2.26. The van der Waals surface area contributed by atoms with E-state index in [-0.39, 0.29) is 17.4 Å². The highest BCUT2D eigenvalue weighted by Crippen LogP contribution is 2.18. The molecule has 0 aliphatic rings. The second-order valence-corrected chi connectivity index (χ2v) is 3.94. The number of nitrogens with two attached hydrogens (primary N) is 1. The monoisotopic (exact) mass is 238 g/mol. The van der Waals surface area contributed by atoms with Crippen LogP contribution in [0.15, 0.2) is 24.3 Å². The minimum Gasteiger partial charge on any atom is -0.425 e. The molecule has 92 valence electrons. The Labute approximate surface area is 98.5 Å². The molecule has 0 aromatic heterocycles. The standard InChI is InChI=1S/C11H14N2O4/c1-7(2)10(12)11(14)17-9-5-3-8(4-6-9)13(15)16/h3-7,10H,12H2,1-2H3/t10-/m1/s1. The smallest absolute Gasteiger partial charge is 0.328 e. The molecule has 0 saturated heterocycles. The molecule has 0 bridgehead atoms. The first kappa shape index (κ1) is 13.1. The number of esters is 1. The van der Waals surface area contributed by atoms with E-state index in [4.69, 9.17) is 10.5 Å². The molecule has 0 radical (unpaired) electrons. The highest BCUT2D eigenvalue weighted by atomic mass is 16.6. The number of ether oxygens (including phenoxy) is 1. The van der Waals surface area contributed by atoms with Gasteiger partial charge < -0.3 is 10.5 Å². The molecule has 0 fully saturated rings. The summed E-state index contributed by atoms with van der Waals surface area (Å²) < 4.78 is 4.99.